The Labute approximate surface area is 198 Å². The summed E-state index contributed by atoms with van der Waals surface area (Å²) in [5.41, 5.74) is 2.32. The fourth-order valence-corrected chi connectivity index (χ4v) is 5.41. The molecule has 0 unspecified atom stereocenters. The molecule has 6 nitrogen and oxygen atoms in total. The largest absolute Gasteiger partial charge is 0.494 e. The van der Waals surface area contributed by atoms with Crippen molar-refractivity contribution in [3.05, 3.63) is 59.7 Å². The van der Waals surface area contributed by atoms with E-state index < -0.39 is 10.0 Å². The lowest BCUT2D eigenvalue weighted by atomic mass is 9.97. The summed E-state index contributed by atoms with van der Waals surface area (Å²) in [5, 5.41) is 3.00. The van der Waals surface area contributed by atoms with Crippen molar-refractivity contribution in [1.82, 2.24) is 9.62 Å². The molecule has 1 amide bonds. The number of rotatable bonds is 10. The summed E-state index contributed by atoms with van der Waals surface area (Å²) >= 11 is 0. The van der Waals surface area contributed by atoms with Crippen LogP contribution in [-0.2, 0) is 14.8 Å². The van der Waals surface area contributed by atoms with Crippen LogP contribution in [0.1, 0.15) is 56.6 Å². The van der Waals surface area contributed by atoms with Gasteiger partial charge in [-0.25, -0.2) is 8.42 Å². The normalized spacial score (nSPS) is 15.5. The van der Waals surface area contributed by atoms with E-state index in [1.165, 1.54) is 9.87 Å². The summed E-state index contributed by atoms with van der Waals surface area (Å²) in [5.74, 6) is 1.11. The molecule has 0 aliphatic carbocycles. The smallest absolute Gasteiger partial charge is 0.243 e. The van der Waals surface area contributed by atoms with Crippen LogP contribution < -0.4 is 10.1 Å². The Kier molecular flexibility index (Phi) is 8.92. The first-order chi connectivity index (χ1) is 15.8. The minimum Gasteiger partial charge on any atom is -0.494 e. The third-order valence-electron chi connectivity index (χ3n) is 6.17. The van der Waals surface area contributed by atoms with E-state index in [1.54, 1.807) is 12.1 Å². The van der Waals surface area contributed by atoms with E-state index in [0.29, 0.717) is 49.9 Å². The van der Waals surface area contributed by atoms with Crippen molar-refractivity contribution in [3.63, 3.8) is 0 Å². The molecule has 2 aromatic rings. The molecule has 3 rings (SSSR count). The summed E-state index contributed by atoms with van der Waals surface area (Å²) in [6.45, 7) is 8.18. The van der Waals surface area contributed by atoms with Gasteiger partial charge in [0.25, 0.3) is 0 Å². The Morgan fingerprint density at radius 1 is 1.03 bits per heavy atom. The second-order valence-electron chi connectivity index (χ2n) is 9.06. The molecule has 7 heteroatoms. The SMILES string of the molecule is Cc1ccc(OCCCCNC(=O)C2CCN(S(=O)(=O)c3ccc(C(C)C)cc3)CC2)cc1. The number of hydrogen-bond acceptors (Lipinski definition) is 4. The molecule has 33 heavy (non-hydrogen) atoms. The van der Waals surface area contributed by atoms with Crippen molar-refractivity contribution >= 4 is 15.9 Å². The number of sulfonamides is 1. The molecule has 1 heterocycles. The summed E-state index contributed by atoms with van der Waals surface area (Å²) in [6, 6.07) is 15.1. The Hall–Kier alpha value is -2.38. The molecule has 1 aliphatic rings. The van der Waals surface area contributed by atoms with Crippen molar-refractivity contribution in [3.8, 4) is 5.75 Å². The highest BCUT2D eigenvalue weighted by molar-refractivity contribution is 7.89. The lowest BCUT2D eigenvalue weighted by molar-refractivity contribution is -0.126. The number of benzene rings is 2. The van der Waals surface area contributed by atoms with Gasteiger partial charge in [-0.2, -0.15) is 4.31 Å². The Morgan fingerprint density at radius 2 is 1.67 bits per heavy atom. The second kappa shape index (κ2) is 11.7. The van der Waals surface area contributed by atoms with Gasteiger partial charge >= 0.3 is 0 Å². The summed E-state index contributed by atoms with van der Waals surface area (Å²) in [7, 11) is -3.52. The number of ether oxygens (including phenoxy) is 1. The molecule has 1 N–H and O–H groups in total. The van der Waals surface area contributed by atoms with Crippen LogP contribution in [0.15, 0.2) is 53.4 Å². The molecular formula is C26H36N2O4S. The zero-order valence-electron chi connectivity index (χ0n) is 19.9. The third kappa shape index (κ3) is 7.05. The fraction of sp³-hybridized carbons (Fsp3) is 0.500. The number of carbonyl (C=O) groups excluding carboxylic acids is 1. The topological polar surface area (TPSA) is 75.7 Å². The molecular weight excluding hydrogens is 436 g/mol. The van der Waals surface area contributed by atoms with Crippen LogP contribution in [0.2, 0.25) is 0 Å². The van der Waals surface area contributed by atoms with Gasteiger partial charge in [-0.1, -0.05) is 43.7 Å². The second-order valence-corrected chi connectivity index (χ2v) is 11.0. The number of hydrogen-bond donors (Lipinski definition) is 1. The maximum Gasteiger partial charge on any atom is 0.243 e. The van der Waals surface area contributed by atoms with Gasteiger partial charge in [-0.05, 0) is 68.4 Å². The van der Waals surface area contributed by atoms with E-state index in [2.05, 4.69) is 19.2 Å². The Morgan fingerprint density at radius 3 is 2.27 bits per heavy atom. The number of nitrogens with zero attached hydrogens (tertiary/aromatic N) is 1. The number of nitrogens with one attached hydrogen (secondary N) is 1. The summed E-state index contributed by atoms with van der Waals surface area (Å²) in [4.78, 5) is 12.8. The fourth-order valence-electron chi connectivity index (χ4n) is 3.94. The van der Waals surface area contributed by atoms with Crippen molar-refractivity contribution in [2.75, 3.05) is 26.2 Å². The van der Waals surface area contributed by atoms with Gasteiger partial charge in [0.05, 0.1) is 11.5 Å². The zero-order valence-corrected chi connectivity index (χ0v) is 20.7. The zero-order chi connectivity index (χ0) is 23.8. The van der Waals surface area contributed by atoms with Gasteiger partial charge in [0.15, 0.2) is 0 Å². The lowest BCUT2D eigenvalue weighted by Crippen LogP contribution is -2.43. The number of aryl methyl sites for hydroxylation is 1. The van der Waals surface area contributed by atoms with Crippen LogP contribution in [0, 0.1) is 12.8 Å². The van der Waals surface area contributed by atoms with Crippen LogP contribution in [0.5, 0.6) is 5.75 Å². The molecule has 0 atom stereocenters. The van der Waals surface area contributed by atoms with Crippen LogP contribution in [0.25, 0.3) is 0 Å². The lowest BCUT2D eigenvalue weighted by Gasteiger charge is -2.30. The van der Waals surface area contributed by atoms with Crippen LogP contribution in [0.4, 0.5) is 0 Å². The van der Waals surface area contributed by atoms with Crippen molar-refractivity contribution in [1.29, 1.82) is 0 Å². The van der Waals surface area contributed by atoms with Crippen LogP contribution >= 0.6 is 0 Å². The average molecular weight is 473 g/mol. The molecule has 0 bridgehead atoms. The molecule has 2 aromatic carbocycles. The Balaban J connectivity index is 1.36. The van der Waals surface area contributed by atoms with Gasteiger partial charge < -0.3 is 10.1 Å². The average Bonchev–Trinajstić information content (AvgIpc) is 2.82. The van der Waals surface area contributed by atoms with Crippen LogP contribution in [0.3, 0.4) is 0 Å². The predicted molar refractivity (Wildman–Crippen MR) is 131 cm³/mol. The third-order valence-corrected chi connectivity index (χ3v) is 8.08. The molecule has 180 valence electrons. The Bertz CT molecular complexity index is 994. The first kappa shape index (κ1) is 25.2. The molecule has 0 radical (unpaired) electrons. The van der Waals surface area contributed by atoms with Crippen molar-refractivity contribution < 1.29 is 17.9 Å². The van der Waals surface area contributed by atoms with Gasteiger partial charge in [0, 0.05) is 25.6 Å². The van der Waals surface area contributed by atoms with Crippen LogP contribution in [-0.4, -0.2) is 44.9 Å². The maximum atomic E-state index is 12.9. The monoisotopic (exact) mass is 472 g/mol. The number of piperidine rings is 1. The highest BCUT2D eigenvalue weighted by Crippen LogP contribution is 2.25. The van der Waals surface area contributed by atoms with E-state index in [-0.39, 0.29) is 11.8 Å². The van der Waals surface area contributed by atoms with E-state index in [1.807, 2.05) is 43.3 Å². The molecule has 0 spiro atoms. The quantitative estimate of drug-likeness (QED) is 0.517. The van der Waals surface area contributed by atoms with Gasteiger partial charge in [0.2, 0.25) is 15.9 Å². The minimum absolute atomic E-state index is 0.0211. The van der Waals surface area contributed by atoms with Gasteiger partial charge in [0.1, 0.15) is 5.75 Å². The molecule has 0 saturated carbocycles. The molecule has 1 aliphatic heterocycles. The summed E-state index contributed by atoms with van der Waals surface area (Å²) in [6.07, 6.45) is 2.80. The molecule has 0 aromatic heterocycles. The van der Waals surface area contributed by atoms with Gasteiger partial charge in [-0.15, -0.1) is 0 Å². The van der Waals surface area contributed by atoms with Crippen molar-refractivity contribution in [2.45, 2.75) is 57.3 Å². The highest BCUT2D eigenvalue weighted by Gasteiger charge is 2.32. The van der Waals surface area contributed by atoms with Crippen molar-refractivity contribution in [2.24, 2.45) is 5.92 Å². The first-order valence-corrected chi connectivity index (χ1v) is 13.3. The first-order valence-electron chi connectivity index (χ1n) is 11.8. The van der Waals surface area contributed by atoms with E-state index in [0.717, 1.165) is 24.2 Å². The standard InChI is InChI=1S/C26H36N2O4S/c1-20(2)22-8-12-25(13-9-22)33(30,31)28-17-14-23(15-18-28)26(29)27-16-4-5-19-32-24-10-6-21(3)7-11-24/h6-13,20,23H,4-5,14-19H2,1-3H3,(H,27,29). The molecule has 1 fully saturated rings. The minimum atomic E-state index is -3.52. The van der Waals surface area contributed by atoms with E-state index >= 15 is 0 Å². The number of amides is 1. The number of unbranched alkanes of at least 4 members (excludes halogenated alkanes) is 1. The predicted octanol–water partition coefficient (Wildman–Crippen LogP) is 4.49. The van der Waals surface area contributed by atoms with E-state index in [4.69, 9.17) is 4.74 Å². The summed E-state index contributed by atoms with van der Waals surface area (Å²) < 4.78 is 33.1. The van der Waals surface area contributed by atoms with E-state index in [9.17, 15) is 13.2 Å². The maximum absolute atomic E-state index is 12.9. The highest BCUT2D eigenvalue weighted by atomic mass is 32.2. The number of carbonyl (C=O) groups is 1. The van der Waals surface area contributed by atoms with Gasteiger partial charge in [-0.3, -0.25) is 4.79 Å². The molecule has 1 saturated heterocycles.